The highest BCUT2D eigenvalue weighted by atomic mass is 16.4. The molecular formula is C16H27N3O2. The highest BCUT2D eigenvalue weighted by Gasteiger charge is 2.09. The van der Waals surface area contributed by atoms with Gasteiger partial charge in [0.25, 0.3) is 0 Å². The Morgan fingerprint density at radius 3 is 2.33 bits per heavy atom. The van der Waals surface area contributed by atoms with Gasteiger partial charge in [0.2, 0.25) is 5.95 Å². The van der Waals surface area contributed by atoms with Gasteiger partial charge in [0.1, 0.15) is 0 Å². The summed E-state index contributed by atoms with van der Waals surface area (Å²) in [5, 5.41) is 12.1. The first-order valence-electron chi connectivity index (χ1n) is 7.96. The molecule has 0 atom stereocenters. The van der Waals surface area contributed by atoms with Crippen molar-refractivity contribution in [2.75, 3.05) is 11.9 Å². The van der Waals surface area contributed by atoms with Gasteiger partial charge < -0.3 is 10.4 Å². The number of unbranched alkanes of at least 4 members (excludes halogenated alkanes) is 7. The summed E-state index contributed by atoms with van der Waals surface area (Å²) in [6.45, 7) is 4.76. The summed E-state index contributed by atoms with van der Waals surface area (Å²) in [6, 6.07) is 0. The Hall–Kier alpha value is -1.65. The molecule has 1 aromatic rings. The van der Waals surface area contributed by atoms with E-state index >= 15 is 0 Å². The maximum absolute atomic E-state index is 10.9. The Morgan fingerprint density at radius 1 is 1.14 bits per heavy atom. The van der Waals surface area contributed by atoms with Gasteiger partial charge in [0.15, 0.2) is 0 Å². The molecule has 0 amide bonds. The van der Waals surface area contributed by atoms with Crippen LogP contribution in [0.4, 0.5) is 5.95 Å². The number of aryl methyl sites for hydroxylation is 1. The lowest BCUT2D eigenvalue weighted by Gasteiger charge is -2.06. The fourth-order valence-electron chi connectivity index (χ4n) is 2.22. The van der Waals surface area contributed by atoms with E-state index < -0.39 is 5.97 Å². The van der Waals surface area contributed by atoms with E-state index in [9.17, 15) is 4.79 Å². The van der Waals surface area contributed by atoms with Gasteiger partial charge in [-0.2, -0.15) is 0 Å². The van der Waals surface area contributed by atoms with E-state index in [0.717, 1.165) is 13.0 Å². The minimum absolute atomic E-state index is 0.160. The van der Waals surface area contributed by atoms with Crippen LogP contribution in [0.2, 0.25) is 0 Å². The lowest BCUT2D eigenvalue weighted by molar-refractivity contribution is 0.0695. The normalized spacial score (nSPS) is 10.6. The maximum Gasteiger partial charge on any atom is 0.339 e. The van der Waals surface area contributed by atoms with Crippen LogP contribution >= 0.6 is 0 Å². The summed E-state index contributed by atoms with van der Waals surface area (Å²) < 4.78 is 0. The molecule has 0 saturated heterocycles. The van der Waals surface area contributed by atoms with E-state index in [1.165, 1.54) is 51.1 Å². The third-order valence-electron chi connectivity index (χ3n) is 3.52. The van der Waals surface area contributed by atoms with Gasteiger partial charge in [0.05, 0.1) is 11.3 Å². The SMILES string of the molecule is CCCCCCCCCCNc1ncc(C(=O)O)c(C)n1. The molecule has 0 saturated carbocycles. The topological polar surface area (TPSA) is 75.1 Å². The van der Waals surface area contributed by atoms with Crippen molar-refractivity contribution in [1.82, 2.24) is 9.97 Å². The fraction of sp³-hybridized carbons (Fsp3) is 0.688. The number of hydrogen-bond donors (Lipinski definition) is 2. The Morgan fingerprint density at radius 2 is 1.76 bits per heavy atom. The smallest absolute Gasteiger partial charge is 0.339 e. The molecule has 0 aliphatic carbocycles. The zero-order valence-electron chi connectivity index (χ0n) is 13.2. The number of aromatic carboxylic acids is 1. The summed E-state index contributed by atoms with van der Waals surface area (Å²) >= 11 is 0. The second-order valence-electron chi connectivity index (χ2n) is 5.40. The molecule has 0 aromatic carbocycles. The lowest BCUT2D eigenvalue weighted by Crippen LogP contribution is -2.09. The molecule has 118 valence electrons. The zero-order chi connectivity index (χ0) is 15.5. The largest absolute Gasteiger partial charge is 0.478 e. The van der Waals surface area contributed by atoms with Crippen molar-refractivity contribution in [2.45, 2.75) is 65.2 Å². The van der Waals surface area contributed by atoms with Gasteiger partial charge in [0, 0.05) is 12.7 Å². The van der Waals surface area contributed by atoms with Crippen LogP contribution < -0.4 is 5.32 Å². The van der Waals surface area contributed by atoms with E-state index in [0.29, 0.717) is 11.6 Å². The van der Waals surface area contributed by atoms with Crippen LogP contribution in [0, 0.1) is 6.92 Å². The third kappa shape index (κ3) is 7.06. The molecule has 1 rings (SSSR count). The summed E-state index contributed by atoms with van der Waals surface area (Å²) in [4.78, 5) is 19.0. The first-order valence-corrected chi connectivity index (χ1v) is 7.96. The molecule has 0 unspecified atom stereocenters. The number of nitrogens with zero attached hydrogens (tertiary/aromatic N) is 2. The number of carboxylic acids is 1. The summed E-state index contributed by atoms with van der Waals surface area (Å²) in [5.41, 5.74) is 0.656. The monoisotopic (exact) mass is 293 g/mol. The second-order valence-corrected chi connectivity index (χ2v) is 5.40. The van der Waals surface area contributed by atoms with Gasteiger partial charge in [-0.3, -0.25) is 0 Å². The van der Waals surface area contributed by atoms with Gasteiger partial charge in [-0.05, 0) is 13.3 Å². The molecule has 2 N–H and O–H groups in total. The molecule has 0 aliphatic heterocycles. The van der Waals surface area contributed by atoms with Gasteiger partial charge in [-0.1, -0.05) is 51.9 Å². The van der Waals surface area contributed by atoms with E-state index in [4.69, 9.17) is 5.11 Å². The number of hydrogen-bond acceptors (Lipinski definition) is 4. The number of anilines is 1. The number of aromatic nitrogens is 2. The van der Waals surface area contributed by atoms with Crippen molar-refractivity contribution >= 4 is 11.9 Å². The number of rotatable bonds is 11. The van der Waals surface area contributed by atoms with E-state index in [1.54, 1.807) is 6.92 Å². The molecule has 5 heteroatoms. The van der Waals surface area contributed by atoms with E-state index in [-0.39, 0.29) is 5.56 Å². The molecule has 1 heterocycles. The standard InChI is InChI=1S/C16H27N3O2/c1-3-4-5-6-7-8-9-10-11-17-16-18-12-14(15(20)21)13(2)19-16/h12H,3-11H2,1-2H3,(H,20,21)(H,17,18,19). The van der Waals surface area contributed by atoms with Crippen LogP contribution in [0.5, 0.6) is 0 Å². The van der Waals surface area contributed by atoms with Gasteiger partial charge in [-0.25, -0.2) is 14.8 Å². The summed E-state index contributed by atoms with van der Waals surface area (Å²) in [5.74, 6) is -0.470. The quantitative estimate of drug-likeness (QED) is 0.602. The first-order chi connectivity index (χ1) is 10.1. The minimum atomic E-state index is -0.984. The lowest BCUT2D eigenvalue weighted by atomic mass is 10.1. The highest BCUT2D eigenvalue weighted by molar-refractivity contribution is 5.88. The predicted octanol–water partition coefficient (Wildman–Crippen LogP) is 4.04. The van der Waals surface area contributed by atoms with Crippen molar-refractivity contribution < 1.29 is 9.90 Å². The van der Waals surface area contributed by atoms with E-state index in [1.807, 2.05) is 0 Å². The Bertz CT molecular complexity index is 436. The second kappa shape index (κ2) is 10.1. The molecule has 5 nitrogen and oxygen atoms in total. The molecule has 0 radical (unpaired) electrons. The van der Waals surface area contributed by atoms with Crippen molar-refractivity contribution in [3.8, 4) is 0 Å². The minimum Gasteiger partial charge on any atom is -0.478 e. The van der Waals surface area contributed by atoms with Crippen LogP contribution in [0.1, 0.15) is 74.3 Å². The van der Waals surface area contributed by atoms with Crippen LogP contribution in [0.3, 0.4) is 0 Å². The fourth-order valence-corrected chi connectivity index (χ4v) is 2.22. The first kappa shape index (κ1) is 17.4. The maximum atomic E-state index is 10.9. The van der Waals surface area contributed by atoms with Crippen molar-refractivity contribution in [3.05, 3.63) is 17.5 Å². The van der Waals surface area contributed by atoms with Crippen LogP contribution in [-0.4, -0.2) is 27.6 Å². The average Bonchev–Trinajstić information content (AvgIpc) is 2.45. The third-order valence-corrected chi connectivity index (χ3v) is 3.52. The molecule has 0 aliphatic rings. The zero-order valence-corrected chi connectivity index (χ0v) is 13.2. The van der Waals surface area contributed by atoms with E-state index in [2.05, 4.69) is 22.2 Å². The van der Waals surface area contributed by atoms with Crippen molar-refractivity contribution in [2.24, 2.45) is 0 Å². The molecule has 1 aromatic heterocycles. The molecule has 0 bridgehead atoms. The van der Waals surface area contributed by atoms with Gasteiger partial charge in [-0.15, -0.1) is 0 Å². The van der Waals surface area contributed by atoms with Crippen molar-refractivity contribution in [1.29, 1.82) is 0 Å². The number of carboxylic acid groups (broad SMARTS) is 1. The van der Waals surface area contributed by atoms with Crippen LogP contribution in [0.15, 0.2) is 6.20 Å². The highest BCUT2D eigenvalue weighted by Crippen LogP contribution is 2.09. The van der Waals surface area contributed by atoms with Gasteiger partial charge >= 0.3 is 5.97 Å². The molecular weight excluding hydrogens is 266 g/mol. The average molecular weight is 293 g/mol. The predicted molar refractivity (Wildman–Crippen MR) is 84.8 cm³/mol. The molecule has 0 spiro atoms. The molecule has 21 heavy (non-hydrogen) atoms. The Kier molecular flexibility index (Phi) is 8.40. The summed E-state index contributed by atoms with van der Waals surface area (Å²) in [6.07, 6.45) is 11.6. The van der Waals surface area contributed by atoms with Crippen LogP contribution in [0.25, 0.3) is 0 Å². The molecule has 0 fully saturated rings. The number of nitrogens with one attached hydrogen (secondary N) is 1. The summed E-state index contributed by atoms with van der Waals surface area (Å²) in [7, 11) is 0. The van der Waals surface area contributed by atoms with Crippen molar-refractivity contribution in [3.63, 3.8) is 0 Å². The Labute approximate surface area is 127 Å². The Balaban J connectivity index is 2.13. The van der Waals surface area contributed by atoms with Crippen LogP contribution in [-0.2, 0) is 0 Å². The number of carbonyl (C=O) groups is 1.